The van der Waals surface area contributed by atoms with Crippen LogP contribution in [-0.2, 0) is 5.41 Å². The summed E-state index contributed by atoms with van der Waals surface area (Å²) in [4.78, 5) is 24.6. The van der Waals surface area contributed by atoms with Crippen molar-refractivity contribution in [2.45, 2.75) is 57.8 Å². The summed E-state index contributed by atoms with van der Waals surface area (Å²) in [6.45, 7) is 5.00. The number of carbonyl (C=O) groups is 2. The van der Waals surface area contributed by atoms with Crippen molar-refractivity contribution >= 4 is 28.9 Å². The van der Waals surface area contributed by atoms with Gasteiger partial charge in [-0.25, -0.2) is 4.79 Å². The SMILES string of the molecule is CC12CC3CC(C)(C1)CC(c1ccc(NC(=O)c4cccc(Nc5ccccc5C(=O)O)c4)cc1)(C3)C2. The first-order valence-electron chi connectivity index (χ1n) is 13.3. The van der Waals surface area contributed by atoms with Crippen LogP contribution in [0.2, 0.25) is 0 Å². The molecule has 0 saturated heterocycles. The monoisotopic (exact) mass is 494 g/mol. The molecule has 4 aliphatic carbocycles. The summed E-state index contributed by atoms with van der Waals surface area (Å²) < 4.78 is 0. The van der Waals surface area contributed by atoms with Crippen molar-refractivity contribution in [1.29, 1.82) is 0 Å². The second kappa shape index (κ2) is 8.47. The predicted octanol–water partition coefficient (Wildman–Crippen LogP) is 7.63. The molecule has 3 aromatic rings. The molecule has 4 saturated carbocycles. The first-order chi connectivity index (χ1) is 17.6. The van der Waals surface area contributed by atoms with E-state index in [4.69, 9.17) is 0 Å². The van der Waals surface area contributed by atoms with Crippen LogP contribution in [0.3, 0.4) is 0 Å². The number of para-hydroxylation sites is 1. The smallest absolute Gasteiger partial charge is 0.337 e. The summed E-state index contributed by atoms with van der Waals surface area (Å²) in [6, 6.07) is 22.4. The van der Waals surface area contributed by atoms with Gasteiger partial charge in [0.05, 0.1) is 11.3 Å². The summed E-state index contributed by atoms with van der Waals surface area (Å²) >= 11 is 0. The van der Waals surface area contributed by atoms with Gasteiger partial charge in [0.1, 0.15) is 0 Å². The largest absolute Gasteiger partial charge is 0.478 e. The van der Waals surface area contributed by atoms with E-state index in [0.717, 1.165) is 11.6 Å². The van der Waals surface area contributed by atoms with Crippen LogP contribution in [0, 0.1) is 16.7 Å². The number of nitrogens with one attached hydrogen (secondary N) is 2. The van der Waals surface area contributed by atoms with E-state index in [0.29, 0.717) is 27.8 Å². The van der Waals surface area contributed by atoms with Crippen LogP contribution < -0.4 is 10.6 Å². The van der Waals surface area contributed by atoms with E-state index in [2.05, 4.69) is 36.6 Å². The molecule has 0 aliphatic heterocycles. The summed E-state index contributed by atoms with van der Waals surface area (Å²) in [5, 5.41) is 15.6. The van der Waals surface area contributed by atoms with Gasteiger partial charge in [-0.05, 0) is 109 Å². The molecule has 1 amide bonds. The molecule has 4 bridgehead atoms. The van der Waals surface area contributed by atoms with Gasteiger partial charge in [0, 0.05) is 16.9 Å². The van der Waals surface area contributed by atoms with Crippen LogP contribution in [0.25, 0.3) is 0 Å². The number of carbonyl (C=O) groups excluding carboxylic acids is 1. The second-order valence-corrected chi connectivity index (χ2v) is 12.5. The number of amides is 1. The number of rotatable bonds is 6. The Balaban J connectivity index is 1.17. The molecular weight excluding hydrogens is 460 g/mol. The third-order valence-electron chi connectivity index (χ3n) is 8.94. The molecule has 5 nitrogen and oxygen atoms in total. The van der Waals surface area contributed by atoms with Gasteiger partial charge in [-0.2, -0.15) is 0 Å². The topological polar surface area (TPSA) is 78.4 Å². The van der Waals surface area contributed by atoms with Crippen molar-refractivity contribution in [3.8, 4) is 0 Å². The predicted molar refractivity (Wildman–Crippen MR) is 147 cm³/mol. The second-order valence-electron chi connectivity index (χ2n) is 12.5. The van der Waals surface area contributed by atoms with Crippen LogP contribution >= 0.6 is 0 Å². The van der Waals surface area contributed by atoms with E-state index >= 15 is 0 Å². The lowest BCUT2D eigenvalue weighted by Crippen LogP contribution is -2.56. The maximum atomic E-state index is 13.1. The van der Waals surface area contributed by atoms with Crippen molar-refractivity contribution in [2.75, 3.05) is 10.6 Å². The van der Waals surface area contributed by atoms with E-state index in [1.54, 1.807) is 42.5 Å². The number of hydrogen-bond donors (Lipinski definition) is 3. The number of carboxylic acids is 1. The Morgan fingerprint density at radius 2 is 1.51 bits per heavy atom. The standard InChI is InChI=1S/C32H34N2O3/c1-30-15-21-16-31(2,18-30)20-32(17-21,19-30)23-10-12-24(13-11-23)34-28(35)22-6-5-7-25(14-22)33-27-9-4-3-8-26(27)29(36)37/h3-14,21,33H,15-20H2,1-2H3,(H,34,35)(H,36,37). The Kier molecular flexibility index (Phi) is 5.45. The fraction of sp³-hybridized carbons (Fsp3) is 0.375. The molecule has 2 unspecified atom stereocenters. The van der Waals surface area contributed by atoms with Gasteiger partial charge < -0.3 is 15.7 Å². The summed E-state index contributed by atoms with van der Waals surface area (Å²) in [6.07, 6.45) is 7.99. The van der Waals surface area contributed by atoms with Gasteiger partial charge in [-0.15, -0.1) is 0 Å². The molecule has 4 aliphatic rings. The Morgan fingerprint density at radius 1 is 0.811 bits per heavy atom. The van der Waals surface area contributed by atoms with Gasteiger partial charge in [0.15, 0.2) is 0 Å². The zero-order valence-corrected chi connectivity index (χ0v) is 21.5. The third-order valence-corrected chi connectivity index (χ3v) is 8.94. The minimum Gasteiger partial charge on any atom is -0.478 e. The van der Waals surface area contributed by atoms with Gasteiger partial charge in [0.25, 0.3) is 5.91 Å². The number of aromatic carboxylic acids is 1. The summed E-state index contributed by atoms with van der Waals surface area (Å²) in [5.74, 6) is -0.357. The van der Waals surface area contributed by atoms with Crippen molar-refractivity contribution in [1.82, 2.24) is 0 Å². The van der Waals surface area contributed by atoms with Crippen LogP contribution in [0.15, 0.2) is 72.8 Å². The molecule has 190 valence electrons. The fourth-order valence-corrected chi connectivity index (χ4v) is 8.55. The Bertz CT molecular complexity index is 1360. The molecule has 3 N–H and O–H groups in total. The number of hydrogen-bond acceptors (Lipinski definition) is 3. The van der Waals surface area contributed by atoms with Crippen LogP contribution in [0.4, 0.5) is 17.1 Å². The van der Waals surface area contributed by atoms with Crippen molar-refractivity contribution < 1.29 is 14.7 Å². The molecule has 0 radical (unpaired) electrons. The lowest BCUT2D eigenvalue weighted by Gasteiger charge is -2.65. The molecule has 37 heavy (non-hydrogen) atoms. The number of anilines is 3. The zero-order chi connectivity index (χ0) is 25.8. The fourth-order valence-electron chi connectivity index (χ4n) is 8.55. The van der Waals surface area contributed by atoms with E-state index in [-0.39, 0.29) is 16.9 Å². The molecule has 5 heteroatoms. The molecule has 0 heterocycles. The third kappa shape index (κ3) is 4.41. The van der Waals surface area contributed by atoms with Gasteiger partial charge in [-0.3, -0.25) is 4.79 Å². The molecular formula is C32H34N2O3. The van der Waals surface area contributed by atoms with Crippen molar-refractivity contribution in [3.05, 3.63) is 89.5 Å². The molecule has 2 atom stereocenters. The highest BCUT2D eigenvalue weighted by Crippen LogP contribution is 2.69. The quantitative estimate of drug-likeness (QED) is 0.329. The lowest BCUT2D eigenvalue weighted by molar-refractivity contribution is -0.110. The number of benzene rings is 3. The average molecular weight is 495 g/mol. The minimum atomic E-state index is -1.00. The van der Waals surface area contributed by atoms with E-state index < -0.39 is 5.97 Å². The van der Waals surface area contributed by atoms with Gasteiger partial charge >= 0.3 is 5.97 Å². The Hall–Kier alpha value is -3.60. The molecule has 7 rings (SSSR count). The van der Waals surface area contributed by atoms with Crippen molar-refractivity contribution in [2.24, 2.45) is 16.7 Å². The van der Waals surface area contributed by atoms with Gasteiger partial charge in [-0.1, -0.05) is 44.2 Å². The highest BCUT2D eigenvalue weighted by molar-refractivity contribution is 6.05. The van der Waals surface area contributed by atoms with E-state index in [9.17, 15) is 14.7 Å². The molecule has 0 spiro atoms. The zero-order valence-electron chi connectivity index (χ0n) is 21.5. The number of carboxylic acid groups (broad SMARTS) is 1. The summed E-state index contributed by atoms with van der Waals surface area (Å²) in [5.41, 5.74) is 5.23. The first kappa shape index (κ1) is 23.8. The highest BCUT2D eigenvalue weighted by Gasteiger charge is 2.60. The van der Waals surface area contributed by atoms with Crippen LogP contribution in [0.1, 0.15) is 78.7 Å². The van der Waals surface area contributed by atoms with E-state index in [1.807, 2.05) is 18.2 Å². The Morgan fingerprint density at radius 3 is 2.19 bits per heavy atom. The lowest BCUT2D eigenvalue weighted by atomic mass is 9.39. The summed E-state index contributed by atoms with van der Waals surface area (Å²) in [7, 11) is 0. The maximum absolute atomic E-state index is 13.1. The molecule has 4 fully saturated rings. The Labute approximate surface area is 218 Å². The normalized spacial score (nSPS) is 29.6. The highest BCUT2D eigenvalue weighted by atomic mass is 16.4. The van der Waals surface area contributed by atoms with Crippen molar-refractivity contribution in [3.63, 3.8) is 0 Å². The molecule has 3 aromatic carbocycles. The minimum absolute atomic E-state index is 0.180. The van der Waals surface area contributed by atoms with Crippen LogP contribution in [-0.4, -0.2) is 17.0 Å². The van der Waals surface area contributed by atoms with Crippen LogP contribution in [0.5, 0.6) is 0 Å². The van der Waals surface area contributed by atoms with Gasteiger partial charge in [0.2, 0.25) is 0 Å². The average Bonchev–Trinajstić information content (AvgIpc) is 2.82. The van der Waals surface area contributed by atoms with E-state index in [1.165, 1.54) is 44.1 Å². The maximum Gasteiger partial charge on any atom is 0.337 e. The molecule has 0 aromatic heterocycles. The first-order valence-corrected chi connectivity index (χ1v) is 13.3.